The Morgan fingerprint density at radius 3 is 1.76 bits per heavy atom. The largest absolute Gasteiger partial charge is 0.272 e. The minimum absolute atomic E-state index is 0.127. The van der Waals surface area contributed by atoms with Crippen molar-refractivity contribution in [2.24, 2.45) is 5.10 Å². The maximum atomic E-state index is 12.1. The van der Waals surface area contributed by atoms with E-state index >= 15 is 0 Å². The third kappa shape index (κ3) is 5.06. The molecule has 0 aliphatic rings. The molecule has 0 aliphatic carbocycles. The van der Waals surface area contributed by atoms with Gasteiger partial charge in [-0.15, -0.1) is 11.8 Å². The van der Waals surface area contributed by atoms with Gasteiger partial charge in [0.2, 0.25) is 5.91 Å². The molecule has 3 rings (SSSR count). The van der Waals surface area contributed by atoms with Crippen LogP contribution in [-0.2, 0) is 4.79 Å². The zero-order valence-corrected chi connectivity index (χ0v) is 14.4. The number of amides is 1. The molecule has 0 aromatic heterocycles. The molecule has 0 radical (unpaired) electrons. The third-order valence-corrected chi connectivity index (χ3v) is 4.51. The topological polar surface area (TPSA) is 41.5 Å². The summed E-state index contributed by atoms with van der Waals surface area (Å²) in [7, 11) is 0. The summed E-state index contributed by atoms with van der Waals surface area (Å²) in [4.78, 5) is 13.2. The van der Waals surface area contributed by atoms with Crippen LogP contribution in [0.25, 0.3) is 0 Å². The van der Waals surface area contributed by atoms with E-state index in [1.807, 2.05) is 91.0 Å². The van der Waals surface area contributed by atoms with Crippen LogP contribution in [0.1, 0.15) is 11.1 Å². The van der Waals surface area contributed by atoms with Gasteiger partial charge >= 0.3 is 0 Å². The van der Waals surface area contributed by atoms with Crippen LogP contribution in [0.15, 0.2) is 101 Å². The van der Waals surface area contributed by atoms with Crippen LogP contribution in [-0.4, -0.2) is 17.4 Å². The van der Waals surface area contributed by atoms with Crippen LogP contribution in [0.5, 0.6) is 0 Å². The van der Waals surface area contributed by atoms with Gasteiger partial charge in [-0.25, -0.2) is 5.43 Å². The van der Waals surface area contributed by atoms with Crippen molar-refractivity contribution in [1.29, 1.82) is 0 Å². The van der Waals surface area contributed by atoms with Crippen LogP contribution in [0.4, 0.5) is 0 Å². The highest BCUT2D eigenvalue weighted by Gasteiger charge is 2.08. The van der Waals surface area contributed by atoms with Gasteiger partial charge in [0.05, 0.1) is 11.5 Å². The Labute approximate surface area is 151 Å². The highest BCUT2D eigenvalue weighted by atomic mass is 32.2. The van der Waals surface area contributed by atoms with Crippen molar-refractivity contribution in [2.75, 3.05) is 5.75 Å². The highest BCUT2D eigenvalue weighted by molar-refractivity contribution is 8.00. The van der Waals surface area contributed by atoms with Gasteiger partial charge in [-0.05, 0) is 12.1 Å². The van der Waals surface area contributed by atoms with Crippen molar-refractivity contribution in [2.45, 2.75) is 4.90 Å². The second-order valence-corrected chi connectivity index (χ2v) is 6.38. The van der Waals surface area contributed by atoms with Gasteiger partial charge in [-0.1, -0.05) is 78.9 Å². The lowest BCUT2D eigenvalue weighted by atomic mass is 10.0. The summed E-state index contributed by atoms with van der Waals surface area (Å²) in [5.74, 6) is 0.197. The summed E-state index contributed by atoms with van der Waals surface area (Å²) in [6.45, 7) is 0. The molecule has 1 amide bonds. The van der Waals surface area contributed by atoms with Gasteiger partial charge in [0.25, 0.3) is 0 Å². The fourth-order valence-electron chi connectivity index (χ4n) is 2.30. The second kappa shape index (κ2) is 8.85. The Morgan fingerprint density at radius 1 is 0.760 bits per heavy atom. The van der Waals surface area contributed by atoms with E-state index in [0.717, 1.165) is 21.7 Å². The first-order valence-electron chi connectivity index (χ1n) is 7.98. The van der Waals surface area contributed by atoms with Crippen LogP contribution in [0.2, 0.25) is 0 Å². The Balaban J connectivity index is 1.72. The van der Waals surface area contributed by atoms with Crippen molar-refractivity contribution in [3.63, 3.8) is 0 Å². The maximum Gasteiger partial charge on any atom is 0.250 e. The van der Waals surface area contributed by atoms with Gasteiger partial charge in [0, 0.05) is 16.0 Å². The Bertz CT molecular complexity index is 792. The van der Waals surface area contributed by atoms with Crippen molar-refractivity contribution in [3.8, 4) is 0 Å². The van der Waals surface area contributed by atoms with E-state index in [4.69, 9.17) is 0 Å². The maximum absolute atomic E-state index is 12.1. The number of carbonyl (C=O) groups excluding carboxylic acids is 1. The number of carbonyl (C=O) groups is 1. The SMILES string of the molecule is O=C(CSc1ccccc1)NN=C(c1ccccc1)c1ccccc1. The Hall–Kier alpha value is -2.85. The lowest BCUT2D eigenvalue weighted by Crippen LogP contribution is -2.22. The molecule has 0 bridgehead atoms. The van der Waals surface area contributed by atoms with E-state index in [9.17, 15) is 4.79 Å². The molecule has 0 atom stereocenters. The van der Waals surface area contributed by atoms with E-state index in [1.165, 1.54) is 11.8 Å². The first-order chi connectivity index (χ1) is 12.3. The zero-order valence-electron chi connectivity index (χ0n) is 13.6. The van der Waals surface area contributed by atoms with Crippen molar-refractivity contribution in [1.82, 2.24) is 5.43 Å². The van der Waals surface area contributed by atoms with E-state index in [2.05, 4.69) is 10.5 Å². The number of rotatable bonds is 6. The molecule has 0 saturated heterocycles. The molecule has 3 nitrogen and oxygen atoms in total. The molecular formula is C21H18N2OS. The molecule has 0 spiro atoms. The number of hydrogen-bond donors (Lipinski definition) is 1. The summed E-state index contributed by atoms with van der Waals surface area (Å²) >= 11 is 1.49. The van der Waals surface area contributed by atoms with Crippen molar-refractivity contribution in [3.05, 3.63) is 102 Å². The molecule has 0 unspecified atom stereocenters. The van der Waals surface area contributed by atoms with E-state index < -0.39 is 0 Å². The van der Waals surface area contributed by atoms with Crippen molar-refractivity contribution >= 4 is 23.4 Å². The lowest BCUT2D eigenvalue weighted by Gasteiger charge is -2.08. The van der Waals surface area contributed by atoms with E-state index in [1.54, 1.807) is 0 Å². The molecule has 0 fully saturated rings. The number of nitrogens with one attached hydrogen (secondary N) is 1. The van der Waals surface area contributed by atoms with Crippen LogP contribution >= 0.6 is 11.8 Å². The predicted octanol–water partition coefficient (Wildman–Crippen LogP) is 4.35. The van der Waals surface area contributed by atoms with Gasteiger partial charge < -0.3 is 0 Å². The molecule has 3 aromatic carbocycles. The predicted molar refractivity (Wildman–Crippen MR) is 104 cm³/mol. The van der Waals surface area contributed by atoms with Gasteiger partial charge in [-0.2, -0.15) is 5.10 Å². The Morgan fingerprint density at radius 2 is 1.24 bits per heavy atom. The van der Waals surface area contributed by atoms with E-state index in [-0.39, 0.29) is 5.91 Å². The molecular weight excluding hydrogens is 328 g/mol. The summed E-state index contributed by atoms with van der Waals surface area (Å²) in [6, 6.07) is 29.5. The number of hydrazone groups is 1. The monoisotopic (exact) mass is 346 g/mol. The van der Waals surface area contributed by atoms with Gasteiger partial charge in [0.1, 0.15) is 0 Å². The van der Waals surface area contributed by atoms with E-state index in [0.29, 0.717) is 5.75 Å². The first-order valence-corrected chi connectivity index (χ1v) is 8.97. The third-order valence-electron chi connectivity index (χ3n) is 3.50. The Kier molecular flexibility index (Phi) is 6.01. The lowest BCUT2D eigenvalue weighted by molar-refractivity contribution is -0.118. The van der Waals surface area contributed by atoms with Crippen LogP contribution in [0.3, 0.4) is 0 Å². The minimum atomic E-state index is -0.127. The average molecular weight is 346 g/mol. The molecule has 124 valence electrons. The average Bonchev–Trinajstić information content (AvgIpc) is 2.69. The van der Waals surface area contributed by atoms with Crippen LogP contribution in [0, 0.1) is 0 Å². The molecule has 0 heterocycles. The van der Waals surface area contributed by atoms with Crippen LogP contribution < -0.4 is 5.43 Å². The second-order valence-electron chi connectivity index (χ2n) is 5.33. The highest BCUT2D eigenvalue weighted by Crippen LogP contribution is 2.16. The molecule has 1 N–H and O–H groups in total. The molecule has 3 aromatic rings. The number of nitrogens with zero attached hydrogens (tertiary/aromatic N) is 1. The smallest absolute Gasteiger partial charge is 0.250 e. The standard InChI is InChI=1S/C21H18N2OS/c24-20(16-25-19-14-8-3-9-15-19)22-23-21(17-10-4-1-5-11-17)18-12-6-2-7-13-18/h1-15H,16H2,(H,22,24). The molecule has 0 aliphatic heterocycles. The first kappa shape index (κ1) is 17.0. The van der Waals surface area contributed by atoms with Crippen molar-refractivity contribution < 1.29 is 4.79 Å². The quantitative estimate of drug-likeness (QED) is 0.410. The summed E-state index contributed by atoms with van der Waals surface area (Å²) < 4.78 is 0. The fourth-order valence-corrected chi connectivity index (χ4v) is 3.02. The molecule has 25 heavy (non-hydrogen) atoms. The summed E-state index contributed by atoms with van der Waals surface area (Å²) in [5, 5.41) is 4.38. The number of benzene rings is 3. The normalized spacial score (nSPS) is 10.1. The minimum Gasteiger partial charge on any atom is -0.272 e. The van der Waals surface area contributed by atoms with Gasteiger partial charge in [0.15, 0.2) is 0 Å². The summed E-state index contributed by atoms with van der Waals surface area (Å²) in [6.07, 6.45) is 0. The zero-order chi connectivity index (χ0) is 17.3. The molecule has 4 heteroatoms. The summed E-state index contributed by atoms with van der Waals surface area (Å²) in [5.41, 5.74) is 5.35. The van der Waals surface area contributed by atoms with Gasteiger partial charge in [-0.3, -0.25) is 4.79 Å². The fraction of sp³-hybridized carbons (Fsp3) is 0.0476. The molecule has 0 saturated carbocycles. The number of thioether (sulfide) groups is 1. The number of hydrogen-bond acceptors (Lipinski definition) is 3.